The van der Waals surface area contributed by atoms with E-state index in [0.717, 1.165) is 5.56 Å². The topological polar surface area (TPSA) is 84.8 Å². The molecule has 0 aromatic heterocycles. The van der Waals surface area contributed by atoms with Crippen LogP contribution >= 0.6 is 0 Å². The fraction of sp³-hybridized carbons (Fsp3) is 0.333. The molecule has 0 N–H and O–H groups in total. The number of hydrogen-bond acceptors (Lipinski definition) is 8. The van der Waals surface area contributed by atoms with Gasteiger partial charge in [0.15, 0.2) is 28.8 Å². The van der Waals surface area contributed by atoms with E-state index in [1.54, 1.807) is 18.2 Å². The summed E-state index contributed by atoms with van der Waals surface area (Å²) in [6.07, 6.45) is 0.217. The molecule has 3 aliphatic rings. The molecule has 1 unspecified atom stereocenters. The van der Waals surface area contributed by atoms with E-state index in [4.69, 9.17) is 28.5 Å². The van der Waals surface area contributed by atoms with Crippen molar-refractivity contribution in [3.8, 4) is 28.7 Å². The first kappa shape index (κ1) is 17.7. The molecule has 2 heterocycles. The summed E-state index contributed by atoms with van der Waals surface area (Å²) in [6.45, 7) is 2.66. The van der Waals surface area contributed by atoms with Crippen molar-refractivity contribution in [1.82, 2.24) is 0 Å². The largest absolute Gasteiger partial charge is 0.493 e. The highest BCUT2D eigenvalue weighted by atomic mass is 16.7. The number of rotatable bonds is 4. The Kier molecular flexibility index (Phi) is 4.19. The standard InChI is InChI=1S/C21H19NO7/c1-3-25-16-8-20-18(27-10-29-20)6-12(16)13-4-15(23)11-5-17-19(28-9-26-17)7-14(11)21(13)22-24-2/h5-8,13H,3-4,9-10H2,1-2H3. The van der Waals surface area contributed by atoms with E-state index in [9.17, 15) is 4.79 Å². The summed E-state index contributed by atoms with van der Waals surface area (Å²) in [7, 11) is 1.48. The van der Waals surface area contributed by atoms with Gasteiger partial charge in [-0.1, -0.05) is 5.16 Å². The van der Waals surface area contributed by atoms with E-state index < -0.39 is 0 Å². The fourth-order valence-corrected chi connectivity index (χ4v) is 3.92. The number of carbonyl (C=O) groups is 1. The minimum absolute atomic E-state index is 0.0153. The molecule has 0 amide bonds. The zero-order valence-electron chi connectivity index (χ0n) is 16.0. The van der Waals surface area contributed by atoms with E-state index in [1.807, 2.05) is 13.0 Å². The Morgan fingerprint density at radius 3 is 2.24 bits per heavy atom. The van der Waals surface area contributed by atoms with Crippen LogP contribution in [-0.2, 0) is 4.84 Å². The second-order valence-electron chi connectivity index (χ2n) is 6.77. The summed E-state index contributed by atoms with van der Waals surface area (Å²) in [5.74, 6) is 2.62. The van der Waals surface area contributed by atoms with Crippen LogP contribution in [0.25, 0.3) is 0 Å². The maximum atomic E-state index is 13.0. The molecule has 29 heavy (non-hydrogen) atoms. The van der Waals surface area contributed by atoms with Crippen LogP contribution in [0.4, 0.5) is 0 Å². The molecule has 5 rings (SSSR count). The van der Waals surface area contributed by atoms with Crippen LogP contribution in [-0.4, -0.2) is 38.8 Å². The second-order valence-corrected chi connectivity index (χ2v) is 6.77. The first-order valence-corrected chi connectivity index (χ1v) is 9.34. The molecule has 0 bridgehead atoms. The minimum Gasteiger partial charge on any atom is -0.493 e. The van der Waals surface area contributed by atoms with Crippen molar-refractivity contribution >= 4 is 11.5 Å². The highest BCUT2D eigenvalue weighted by molar-refractivity contribution is 6.19. The second kappa shape index (κ2) is 6.88. The molecule has 150 valence electrons. The molecule has 0 radical (unpaired) electrons. The van der Waals surface area contributed by atoms with Crippen LogP contribution in [0.15, 0.2) is 29.4 Å². The van der Waals surface area contributed by atoms with Gasteiger partial charge >= 0.3 is 0 Å². The van der Waals surface area contributed by atoms with Gasteiger partial charge in [0.2, 0.25) is 13.6 Å². The van der Waals surface area contributed by atoms with Gasteiger partial charge in [-0.3, -0.25) is 4.79 Å². The van der Waals surface area contributed by atoms with Crippen LogP contribution in [0.1, 0.15) is 40.7 Å². The van der Waals surface area contributed by atoms with Crippen molar-refractivity contribution in [3.63, 3.8) is 0 Å². The Hall–Kier alpha value is -3.42. The van der Waals surface area contributed by atoms with Gasteiger partial charge in [-0.2, -0.15) is 0 Å². The number of oxime groups is 1. The highest BCUT2D eigenvalue weighted by Crippen LogP contribution is 2.46. The van der Waals surface area contributed by atoms with E-state index >= 15 is 0 Å². The lowest BCUT2D eigenvalue weighted by Crippen LogP contribution is -2.27. The number of Topliss-reactive ketones (excluding diaryl/α,β-unsaturated/α-hetero) is 1. The molecule has 8 nitrogen and oxygen atoms in total. The fourth-order valence-electron chi connectivity index (χ4n) is 3.92. The zero-order chi connectivity index (χ0) is 20.0. The van der Waals surface area contributed by atoms with Gasteiger partial charge in [0, 0.05) is 35.1 Å². The van der Waals surface area contributed by atoms with Gasteiger partial charge < -0.3 is 28.5 Å². The van der Waals surface area contributed by atoms with Crippen molar-refractivity contribution in [2.75, 3.05) is 27.3 Å². The summed E-state index contributed by atoms with van der Waals surface area (Å²) in [4.78, 5) is 18.2. The van der Waals surface area contributed by atoms with Crippen LogP contribution in [0.3, 0.4) is 0 Å². The molecule has 1 aliphatic carbocycles. The number of nitrogens with zero attached hydrogens (tertiary/aromatic N) is 1. The van der Waals surface area contributed by atoms with Gasteiger partial charge in [-0.15, -0.1) is 0 Å². The summed E-state index contributed by atoms with van der Waals surface area (Å²) in [5, 5.41) is 4.28. The van der Waals surface area contributed by atoms with Gasteiger partial charge in [0.25, 0.3) is 0 Å². The van der Waals surface area contributed by atoms with Crippen LogP contribution in [0, 0.1) is 0 Å². The lowest BCUT2D eigenvalue weighted by molar-refractivity contribution is 0.0975. The molecule has 8 heteroatoms. The molecule has 0 spiro atoms. The Morgan fingerprint density at radius 1 is 0.966 bits per heavy atom. The third kappa shape index (κ3) is 2.83. The summed E-state index contributed by atoms with van der Waals surface area (Å²) >= 11 is 0. The monoisotopic (exact) mass is 397 g/mol. The Bertz CT molecular complexity index is 1030. The minimum atomic E-state index is -0.369. The third-order valence-corrected chi connectivity index (χ3v) is 5.18. The Labute approximate surface area is 166 Å². The van der Waals surface area contributed by atoms with Crippen molar-refractivity contribution in [1.29, 1.82) is 0 Å². The number of carbonyl (C=O) groups excluding carboxylic acids is 1. The maximum absolute atomic E-state index is 13.0. The number of ketones is 1. The van der Waals surface area contributed by atoms with E-state index in [1.165, 1.54) is 7.11 Å². The number of ether oxygens (including phenoxy) is 5. The Morgan fingerprint density at radius 2 is 1.59 bits per heavy atom. The van der Waals surface area contributed by atoms with Gasteiger partial charge in [0.05, 0.1) is 12.3 Å². The number of hydrogen-bond donors (Lipinski definition) is 0. The quantitative estimate of drug-likeness (QED) is 0.732. The smallest absolute Gasteiger partial charge is 0.231 e. The van der Waals surface area contributed by atoms with Gasteiger partial charge in [-0.05, 0) is 25.1 Å². The normalized spacial score (nSPS) is 20.0. The van der Waals surface area contributed by atoms with Crippen molar-refractivity contribution < 1.29 is 33.3 Å². The lowest BCUT2D eigenvalue weighted by atomic mass is 9.77. The average molecular weight is 397 g/mol. The highest BCUT2D eigenvalue weighted by Gasteiger charge is 2.37. The van der Waals surface area contributed by atoms with E-state index in [-0.39, 0.29) is 31.7 Å². The molecule has 0 fully saturated rings. The first-order valence-electron chi connectivity index (χ1n) is 9.34. The lowest BCUT2D eigenvalue weighted by Gasteiger charge is -2.27. The molecule has 0 saturated carbocycles. The molecular weight excluding hydrogens is 378 g/mol. The molecule has 2 aromatic rings. The van der Waals surface area contributed by atoms with Gasteiger partial charge in [0.1, 0.15) is 12.9 Å². The summed E-state index contributed by atoms with van der Waals surface area (Å²) in [5.41, 5.74) is 2.63. The van der Waals surface area contributed by atoms with Crippen molar-refractivity contribution in [2.24, 2.45) is 5.16 Å². The first-order chi connectivity index (χ1) is 14.2. The SMILES string of the molecule is CCOc1cc2c(cc1C1CC(=O)c3cc4c(cc3C1=NOC)OCO4)OCO2. The van der Waals surface area contributed by atoms with Crippen molar-refractivity contribution in [2.45, 2.75) is 19.3 Å². The van der Waals surface area contributed by atoms with Gasteiger partial charge in [-0.25, -0.2) is 0 Å². The molecular formula is C21H19NO7. The van der Waals surface area contributed by atoms with E-state index in [0.29, 0.717) is 52.2 Å². The molecule has 0 saturated heterocycles. The zero-order valence-corrected chi connectivity index (χ0v) is 16.0. The molecule has 1 atom stereocenters. The average Bonchev–Trinajstić information content (AvgIpc) is 3.37. The van der Waals surface area contributed by atoms with Crippen LogP contribution in [0.5, 0.6) is 28.7 Å². The third-order valence-electron chi connectivity index (χ3n) is 5.18. The molecule has 2 aromatic carbocycles. The molecule has 2 aliphatic heterocycles. The van der Waals surface area contributed by atoms with E-state index in [2.05, 4.69) is 5.16 Å². The van der Waals surface area contributed by atoms with Crippen molar-refractivity contribution in [3.05, 3.63) is 41.0 Å². The maximum Gasteiger partial charge on any atom is 0.231 e. The predicted octanol–water partition coefficient (Wildman–Crippen LogP) is 3.26. The Balaban J connectivity index is 1.66. The number of benzene rings is 2. The van der Waals surface area contributed by atoms with Crippen LogP contribution < -0.4 is 23.7 Å². The summed E-state index contributed by atoms with van der Waals surface area (Å²) in [6, 6.07) is 7.15. The van der Waals surface area contributed by atoms with Crippen LogP contribution in [0.2, 0.25) is 0 Å². The number of fused-ring (bicyclic) bond motifs is 3. The predicted molar refractivity (Wildman–Crippen MR) is 102 cm³/mol. The summed E-state index contributed by atoms with van der Waals surface area (Å²) < 4.78 is 27.8.